The minimum Gasteiger partial charge on any atom is -0.497 e. The van der Waals surface area contributed by atoms with E-state index in [1.54, 1.807) is 24.2 Å². The third-order valence-corrected chi connectivity index (χ3v) is 9.11. The van der Waals surface area contributed by atoms with Gasteiger partial charge < -0.3 is 14.5 Å². The van der Waals surface area contributed by atoms with Crippen LogP contribution >= 0.6 is 0 Å². The third-order valence-electron chi connectivity index (χ3n) is 9.11. The summed E-state index contributed by atoms with van der Waals surface area (Å²) in [7, 11) is 1.63. The lowest BCUT2D eigenvalue weighted by Gasteiger charge is -2.39. The highest BCUT2D eigenvalue weighted by Gasteiger charge is 2.34. The molecule has 1 fully saturated rings. The number of rotatable bonds is 15. The van der Waals surface area contributed by atoms with Gasteiger partial charge in [0.15, 0.2) is 0 Å². The van der Waals surface area contributed by atoms with Gasteiger partial charge in [-0.3, -0.25) is 14.5 Å². The van der Waals surface area contributed by atoms with Crippen molar-refractivity contribution >= 4 is 17.9 Å². The van der Waals surface area contributed by atoms with Crippen molar-refractivity contribution in [1.29, 1.82) is 0 Å². The van der Waals surface area contributed by atoms with Crippen molar-refractivity contribution in [2.24, 2.45) is 0 Å². The van der Waals surface area contributed by atoms with Crippen LogP contribution in [0.15, 0.2) is 115 Å². The van der Waals surface area contributed by atoms with E-state index in [1.807, 2.05) is 65.6 Å². The molecule has 6 nitrogen and oxygen atoms in total. The van der Waals surface area contributed by atoms with Gasteiger partial charge in [0.25, 0.3) is 0 Å². The van der Waals surface area contributed by atoms with Crippen LogP contribution in [0.2, 0.25) is 0 Å². The number of carbonyl (C=O) groups excluding carboxylic acids is 2. The Labute approximate surface area is 286 Å². The molecule has 0 aliphatic carbocycles. The van der Waals surface area contributed by atoms with E-state index in [1.165, 1.54) is 30.4 Å². The van der Waals surface area contributed by atoms with Gasteiger partial charge in [-0.25, -0.2) is 0 Å². The van der Waals surface area contributed by atoms with Crippen LogP contribution in [0.3, 0.4) is 0 Å². The Hall–Kier alpha value is -4.68. The lowest BCUT2D eigenvalue weighted by Crippen LogP contribution is -2.56. The van der Waals surface area contributed by atoms with Gasteiger partial charge in [-0.1, -0.05) is 117 Å². The Morgan fingerprint density at radius 2 is 1.44 bits per heavy atom. The standard InChI is InChI=1S/C42H49N3O3/c1-3-4-7-13-34-20-22-38(23-21-34)33-45(41(46)25-24-36-18-12-19-39(30-36)48-2)40(31-35-14-8-5-9-15-35)42(47)44-28-26-43(27-29-44)32-37-16-10-6-11-17-37/h5-6,8-12,14-25,30,40H,3-4,7,13,26-29,31-33H2,1-2H3/b25-24+/t40-/m0/s1. The van der Waals surface area contributed by atoms with Crippen molar-refractivity contribution < 1.29 is 14.3 Å². The quantitative estimate of drug-likeness (QED) is 0.1000. The first kappa shape index (κ1) is 34.6. The molecule has 5 rings (SSSR count). The average Bonchev–Trinajstić information content (AvgIpc) is 3.14. The molecule has 1 aliphatic heterocycles. The summed E-state index contributed by atoms with van der Waals surface area (Å²) in [4.78, 5) is 34.9. The van der Waals surface area contributed by atoms with Gasteiger partial charge in [0.05, 0.1) is 7.11 Å². The molecule has 0 N–H and O–H groups in total. The molecule has 0 aromatic heterocycles. The molecule has 1 saturated heterocycles. The molecule has 1 atom stereocenters. The molecular formula is C42H49N3O3. The van der Waals surface area contributed by atoms with Gasteiger partial charge in [0.1, 0.15) is 11.8 Å². The van der Waals surface area contributed by atoms with Crippen LogP contribution in [0.1, 0.15) is 54.0 Å². The van der Waals surface area contributed by atoms with Gasteiger partial charge in [-0.15, -0.1) is 0 Å². The second-order valence-electron chi connectivity index (χ2n) is 12.6. The summed E-state index contributed by atoms with van der Waals surface area (Å²) in [5.41, 5.74) is 5.47. The number of carbonyl (C=O) groups is 2. The lowest BCUT2D eigenvalue weighted by molar-refractivity contribution is -0.145. The Morgan fingerprint density at radius 3 is 2.10 bits per heavy atom. The van der Waals surface area contributed by atoms with E-state index >= 15 is 0 Å². The maximum Gasteiger partial charge on any atom is 0.247 e. The SMILES string of the molecule is CCCCCc1ccc(CN(C(=O)/C=C/c2cccc(OC)c2)[C@@H](Cc2ccccc2)C(=O)N2CCN(Cc3ccccc3)CC2)cc1. The first-order valence-corrected chi connectivity index (χ1v) is 17.3. The van der Waals surface area contributed by atoms with Crippen LogP contribution in [-0.2, 0) is 35.5 Å². The number of ether oxygens (including phenoxy) is 1. The predicted octanol–water partition coefficient (Wildman–Crippen LogP) is 7.43. The number of nitrogens with zero attached hydrogens (tertiary/aromatic N) is 3. The number of hydrogen-bond donors (Lipinski definition) is 0. The number of aryl methyl sites for hydroxylation is 1. The number of hydrogen-bond acceptors (Lipinski definition) is 4. The molecule has 1 aliphatic rings. The van der Waals surface area contributed by atoms with Crippen molar-refractivity contribution in [3.63, 3.8) is 0 Å². The van der Waals surface area contributed by atoms with Crippen molar-refractivity contribution in [1.82, 2.24) is 14.7 Å². The molecule has 2 amide bonds. The molecule has 0 spiro atoms. The van der Waals surface area contributed by atoms with Crippen LogP contribution in [0, 0.1) is 0 Å². The first-order valence-electron chi connectivity index (χ1n) is 17.3. The van der Waals surface area contributed by atoms with E-state index < -0.39 is 6.04 Å². The second-order valence-corrected chi connectivity index (χ2v) is 12.6. The fourth-order valence-corrected chi connectivity index (χ4v) is 6.28. The molecule has 0 bridgehead atoms. The zero-order chi connectivity index (χ0) is 33.6. The summed E-state index contributed by atoms with van der Waals surface area (Å²) in [5.74, 6) is 0.531. The summed E-state index contributed by atoms with van der Waals surface area (Å²) in [6.07, 6.45) is 8.47. The fourth-order valence-electron chi connectivity index (χ4n) is 6.28. The number of unbranched alkanes of at least 4 members (excludes halogenated alkanes) is 2. The average molecular weight is 644 g/mol. The Morgan fingerprint density at radius 1 is 0.771 bits per heavy atom. The minimum absolute atomic E-state index is 0.00229. The number of piperazine rings is 1. The zero-order valence-corrected chi connectivity index (χ0v) is 28.5. The highest BCUT2D eigenvalue weighted by molar-refractivity contribution is 5.95. The van der Waals surface area contributed by atoms with Crippen LogP contribution in [0.25, 0.3) is 6.08 Å². The first-order chi connectivity index (χ1) is 23.5. The summed E-state index contributed by atoms with van der Waals surface area (Å²) >= 11 is 0. The second kappa shape index (κ2) is 18.0. The van der Waals surface area contributed by atoms with Crippen LogP contribution < -0.4 is 4.74 Å². The topological polar surface area (TPSA) is 53.1 Å². The monoisotopic (exact) mass is 643 g/mol. The molecule has 250 valence electrons. The Bertz CT molecular complexity index is 1600. The number of amides is 2. The summed E-state index contributed by atoms with van der Waals surface area (Å²) in [5, 5.41) is 0. The summed E-state index contributed by atoms with van der Waals surface area (Å²) in [6, 6.07) is 36.0. The molecule has 0 saturated carbocycles. The van der Waals surface area contributed by atoms with Crippen molar-refractivity contribution in [3.8, 4) is 5.75 Å². The van der Waals surface area contributed by atoms with E-state index in [-0.39, 0.29) is 11.8 Å². The molecule has 4 aromatic rings. The molecule has 48 heavy (non-hydrogen) atoms. The number of benzene rings is 4. The summed E-state index contributed by atoms with van der Waals surface area (Å²) < 4.78 is 5.39. The minimum atomic E-state index is -0.653. The Kier molecular flexibility index (Phi) is 13.0. The highest BCUT2D eigenvalue weighted by Crippen LogP contribution is 2.21. The van der Waals surface area contributed by atoms with E-state index in [2.05, 4.69) is 60.4 Å². The van der Waals surface area contributed by atoms with Crippen molar-refractivity contribution in [2.45, 2.75) is 58.2 Å². The number of methoxy groups -OCH3 is 1. The van der Waals surface area contributed by atoms with Crippen molar-refractivity contribution in [2.75, 3.05) is 33.3 Å². The highest BCUT2D eigenvalue weighted by atomic mass is 16.5. The third kappa shape index (κ3) is 10.2. The predicted molar refractivity (Wildman–Crippen MR) is 194 cm³/mol. The van der Waals surface area contributed by atoms with Crippen LogP contribution in [-0.4, -0.2) is 65.8 Å². The largest absolute Gasteiger partial charge is 0.497 e. The molecule has 0 unspecified atom stereocenters. The van der Waals surface area contributed by atoms with Gasteiger partial charge in [0, 0.05) is 51.8 Å². The van der Waals surface area contributed by atoms with E-state index in [9.17, 15) is 9.59 Å². The fraction of sp³-hybridized carbons (Fsp3) is 0.333. The molecule has 6 heteroatoms. The van der Waals surface area contributed by atoms with Gasteiger partial charge in [0.2, 0.25) is 11.8 Å². The lowest BCUT2D eigenvalue weighted by atomic mass is 10.0. The van der Waals surface area contributed by atoms with E-state index in [0.29, 0.717) is 26.1 Å². The van der Waals surface area contributed by atoms with Crippen LogP contribution in [0.5, 0.6) is 5.75 Å². The zero-order valence-electron chi connectivity index (χ0n) is 28.5. The van der Waals surface area contributed by atoms with E-state index in [0.717, 1.165) is 48.5 Å². The van der Waals surface area contributed by atoms with E-state index in [4.69, 9.17) is 4.74 Å². The maximum atomic E-state index is 14.5. The maximum absolute atomic E-state index is 14.5. The smallest absolute Gasteiger partial charge is 0.247 e. The molecular weight excluding hydrogens is 594 g/mol. The normalized spacial score (nSPS) is 14.2. The van der Waals surface area contributed by atoms with Gasteiger partial charge in [-0.05, 0) is 58.9 Å². The molecule has 0 radical (unpaired) electrons. The molecule has 1 heterocycles. The summed E-state index contributed by atoms with van der Waals surface area (Å²) in [6.45, 7) is 6.27. The van der Waals surface area contributed by atoms with Gasteiger partial charge >= 0.3 is 0 Å². The molecule has 4 aromatic carbocycles. The van der Waals surface area contributed by atoms with Gasteiger partial charge in [-0.2, -0.15) is 0 Å². The Balaban J connectivity index is 1.40. The van der Waals surface area contributed by atoms with Crippen molar-refractivity contribution in [3.05, 3.63) is 143 Å². The van der Waals surface area contributed by atoms with Crippen LogP contribution in [0.4, 0.5) is 0 Å².